The van der Waals surface area contributed by atoms with E-state index in [0.717, 1.165) is 0 Å². The molecule has 6 nitrogen and oxygen atoms in total. The molecule has 1 N–H and O–H groups in total. The molecule has 8 heteroatoms. The van der Waals surface area contributed by atoms with E-state index in [0.29, 0.717) is 20.2 Å². The molecule has 0 aliphatic heterocycles. The lowest BCUT2D eigenvalue weighted by Gasteiger charge is -1.95. The highest BCUT2D eigenvalue weighted by Gasteiger charge is 2.08. The van der Waals surface area contributed by atoms with Gasteiger partial charge in [-0.2, -0.15) is 5.26 Å². The van der Waals surface area contributed by atoms with Gasteiger partial charge in [-0.05, 0) is 23.9 Å². The molecule has 0 atom stereocenters. The number of aromatic nitrogens is 3. The van der Waals surface area contributed by atoms with E-state index in [-0.39, 0.29) is 5.91 Å². The molecule has 0 aliphatic carbocycles. The molecular weight excluding hydrogens is 270 g/mol. The maximum absolute atomic E-state index is 10.8. The van der Waals surface area contributed by atoms with Gasteiger partial charge in [0.05, 0.1) is 0 Å². The molecule has 90 valence electrons. The van der Waals surface area contributed by atoms with Crippen molar-refractivity contribution in [3.05, 3.63) is 23.9 Å². The number of hydrogen-bond acceptors (Lipinski definition) is 7. The van der Waals surface area contributed by atoms with Gasteiger partial charge in [-0.25, -0.2) is 4.98 Å². The average molecular weight is 277 g/mol. The Morgan fingerprint density at radius 3 is 3.06 bits per heavy atom. The number of rotatable bonds is 3. The van der Waals surface area contributed by atoms with Crippen molar-refractivity contribution >= 4 is 34.1 Å². The molecule has 0 spiro atoms. The first-order valence-corrected chi connectivity index (χ1v) is 6.47. The molecule has 2 aromatic heterocycles. The third-order valence-electron chi connectivity index (χ3n) is 1.72. The number of hydrogen-bond donors (Lipinski definition) is 1. The Kier molecular flexibility index (Phi) is 3.86. The molecular formula is C10H7N5OS2. The Morgan fingerprint density at radius 1 is 1.50 bits per heavy atom. The van der Waals surface area contributed by atoms with E-state index in [4.69, 9.17) is 5.26 Å². The van der Waals surface area contributed by atoms with Gasteiger partial charge in [-0.1, -0.05) is 17.4 Å². The lowest BCUT2D eigenvalue weighted by Crippen LogP contribution is -2.04. The third kappa shape index (κ3) is 3.26. The molecule has 1 amide bonds. The summed E-state index contributed by atoms with van der Waals surface area (Å²) in [5.41, 5.74) is 0.353. The molecule has 2 rings (SSSR count). The summed E-state index contributed by atoms with van der Waals surface area (Å²) >= 11 is 2.55. The summed E-state index contributed by atoms with van der Waals surface area (Å²) in [6.45, 7) is 1.41. The summed E-state index contributed by atoms with van der Waals surface area (Å²) in [6, 6.07) is 7.14. The number of carbonyl (C=O) groups is 1. The summed E-state index contributed by atoms with van der Waals surface area (Å²) in [4.78, 5) is 14.9. The van der Waals surface area contributed by atoms with Gasteiger partial charge in [-0.3, -0.25) is 4.79 Å². The molecule has 2 aromatic rings. The van der Waals surface area contributed by atoms with Gasteiger partial charge >= 0.3 is 0 Å². The summed E-state index contributed by atoms with van der Waals surface area (Å²) < 4.78 is 0.654. The van der Waals surface area contributed by atoms with Crippen LogP contribution in [0, 0.1) is 11.3 Å². The molecule has 0 fully saturated rings. The van der Waals surface area contributed by atoms with E-state index in [2.05, 4.69) is 20.5 Å². The van der Waals surface area contributed by atoms with E-state index < -0.39 is 0 Å². The Morgan fingerprint density at radius 2 is 2.33 bits per heavy atom. The summed E-state index contributed by atoms with van der Waals surface area (Å²) in [7, 11) is 0. The van der Waals surface area contributed by atoms with E-state index in [9.17, 15) is 4.79 Å². The van der Waals surface area contributed by atoms with Crippen LogP contribution in [0.1, 0.15) is 12.6 Å². The zero-order valence-corrected chi connectivity index (χ0v) is 10.9. The molecule has 0 radical (unpaired) electrons. The second-order valence-corrected chi connectivity index (χ2v) is 5.37. The number of nitrogens with zero attached hydrogens (tertiary/aromatic N) is 4. The Labute approximate surface area is 111 Å². The SMILES string of the molecule is CC(=O)Nc1nnc(Sc2cccc(C#N)n2)s1. The second kappa shape index (κ2) is 5.57. The van der Waals surface area contributed by atoms with Crippen molar-refractivity contribution in [1.29, 1.82) is 5.26 Å². The Bertz CT molecular complexity index is 619. The third-order valence-corrected chi connectivity index (χ3v) is 3.55. The van der Waals surface area contributed by atoms with Crippen LogP contribution in [0.2, 0.25) is 0 Å². The fraction of sp³-hybridized carbons (Fsp3) is 0.100. The monoisotopic (exact) mass is 277 g/mol. The molecule has 0 saturated carbocycles. The van der Waals surface area contributed by atoms with Crippen molar-refractivity contribution in [2.75, 3.05) is 5.32 Å². The number of nitrogens with one attached hydrogen (secondary N) is 1. The van der Waals surface area contributed by atoms with Gasteiger partial charge in [-0.15, -0.1) is 10.2 Å². The number of pyridine rings is 1. The van der Waals surface area contributed by atoms with Gasteiger partial charge < -0.3 is 5.32 Å². The lowest BCUT2D eigenvalue weighted by atomic mass is 10.4. The predicted molar refractivity (Wildman–Crippen MR) is 67.3 cm³/mol. The zero-order valence-electron chi connectivity index (χ0n) is 9.25. The van der Waals surface area contributed by atoms with Gasteiger partial charge in [0.15, 0.2) is 4.34 Å². The van der Waals surface area contributed by atoms with E-state index >= 15 is 0 Å². The van der Waals surface area contributed by atoms with Crippen molar-refractivity contribution in [2.45, 2.75) is 16.3 Å². The number of anilines is 1. The second-order valence-electron chi connectivity index (χ2n) is 3.13. The van der Waals surface area contributed by atoms with Crippen molar-refractivity contribution in [3.63, 3.8) is 0 Å². The van der Waals surface area contributed by atoms with Crippen molar-refractivity contribution < 1.29 is 4.79 Å². The van der Waals surface area contributed by atoms with Gasteiger partial charge in [0.25, 0.3) is 0 Å². The van der Waals surface area contributed by atoms with Crippen LogP contribution in [0.4, 0.5) is 5.13 Å². The van der Waals surface area contributed by atoms with Crippen molar-refractivity contribution in [2.24, 2.45) is 0 Å². The van der Waals surface area contributed by atoms with Crippen LogP contribution in [0.3, 0.4) is 0 Å². The quantitative estimate of drug-likeness (QED) is 0.862. The topological polar surface area (TPSA) is 91.6 Å². The smallest absolute Gasteiger partial charge is 0.223 e. The molecule has 0 aliphatic rings. The number of carbonyl (C=O) groups excluding carboxylic acids is 1. The van der Waals surface area contributed by atoms with Crippen LogP contribution in [-0.4, -0.2) is 21.1 Å². The minimum absolute atomic E-state index is 0.188. The summed E-state index contributed by atoms with van der Waals surface area (Å²) in [5, 5.41) is 20.1. The highest BCUT2D eigenvalue weighted by atomic mass is 32.2. The summed E-state index contributed by atoms with van der Waals surface area (Å²) in [5.74, 6) is -0.188. The number of nitriles is 1. The molecule has 18 heavy (non-hydrogen) atoms. The van der Waals surface area contributed by atoms with Crippen LogP contribution in [0.15, 0.2) is 27.6 Å². The largest absolute Gasteiger partial charge is 0.301 e. The lowest BCUT2D eigenvalue weighted by molar-refractivity contribution is -0.114. The maximum Gasteiger partial charge on any atom is 0.223 e. The minimum atomic E-state index is -0.188. The first-order valence-electron chi connectivity index (χ1n) is 4.83. The summed E-state index contributed by atoms with van der Waals surface area (Å²) in [6.07, 6.45) is 0. The van der Waals surface area contributed by atoms with Crippen LogP contribution >= 0.6 is 23.1 Å². The first-order chi connectivity index (χ1) is 8.67. The van der Waals surface area contributed by atoms with Crippen LogP contribution in [0.5, 0.6) is 0 Å². The molecule has 2 heterocycles. The highest BCUT2D eigenvalue weighted by Crippen LogP contribution is 2.30. The van der Waals surface area contributed by atoms with E-state index in [1.54, 1.807) is 18.2 Å². The van der Waals surface area contributed by atoms with E-state index in [1.165, 1.54) is 30.0 Å². The Hall–Kier alpha value is -1.98. The standard InChI is InChI=1S/C10H7N5OS2/c1-6(16)12-9-14-15-10(18-9)17-8-4-2-3-7(5-11)13-8/h2-4H,1H3,(H,12,14,16). The maximum atomic E-state index is 10.8. The molecule has 0 unspecified atom stereocenters. The van der Waals surface area contributed by atoms with E-state index in [1.807, 2.05) is 6.07 Å². The predicted octanol–water partition coefficient (Wildman–Crippen LogP) is 1.91. The zero-order chi connectivity index (χ0) is 13.0. The van der Waals surface area contributed by atoms with Crippen LogP contribution in [0.25, 0.3) is 0 Å². The highest BCUT2D eigenvalue weighted by molar-refractivity contribution is 8.01. The normalized spacial score (nSPS) is 9.78. The van der Waals surface area contributed by atoms with Crippen LogP contribution in [-0.2, 0) is 4.79 Å². The minimum Gasteiger partial charge on any atom is -0.301 e. The Balaban J connectivity index is 2.11. The van der Waals surface area contributed by atoms with Gasteiger partial charge in [0.1, 0.15) is 16.8 Å². The van der Waals surface area contributed by atoms with Gasteiger partial charge in [0, 0.05) is 6.92 Å². The first kappa shape index (κ1) is 12.5. The fourth-order valence-electron chi connectivity index (χ4n) is 1.08. The van der Waals surface area contributed by atoms with Crippen LogP contribution < -0.4 is 5.32 Å². The number of amides is 1. The van der Waals surface area contributed by atoms with Gasteiger partial charge in [0.2, 0.25) is 11.0 Å². The van der Waals surface area contributed by atoms with Crippen molar-refractivity contribution in [1.82, 2.24) is 15.2 Å². The molecule has 0 saturated heterocycles. The molecule has 0 aromatic carbocycles. The fourth-order valence-corrected chi connectivity index (χ4v) is 2.81. The molecule has 0 bridgehead atoms. The van der Waals surface area contributed by atoms with Crippen molar-refractivity contribution in [3.8, 4) is 6.07 Å². The average Bonchev–Trinajstić information content (AvgIpc) is 2.76.